The number of hydrogen-bond donors (Lipinski definition) is 0. The first-order valence-electron chi connectivity index (χ1n) is 6.80. The molecular formula is C14H18O4S4. The van der Waals surface area contributed by atoms with Crippen LogP contribution in [0.25, 0.3) is 0 Å². The van der Waals surface area contributed by atoms with E-state index in [1.54, 1.807) is 34.6 Å². The van der Waals surface area contributed by atoms with Gasteiger partial charge in [-0.2, -0.15) is 0 Å². The van der Waals surface area contributed by atoms with E-state index in [1.165, 1.54) is 23.5 Å². The molecule has 0 fully saturated rings. The predicted molar refractivity (Wildman–Crippen MR) is 90.2 cm³/mol. The molecule has 0 atom stereocenters. The highest BCUT2D eigenvalue weighted by Crippen LogP contribution is 2.60. The van der Waals surface area contributed by atoms with Gasteiger partial charge in [0.25, 0.3) is 0 Å². The topological polar surface area (TPSA) is 68.3 Å². The van der Waals surface area contributed by atoms with E-state index >= 15 is 0 Å². The molecule has 122 valence electrons. The van der Waals surface area contributed by atoms with Gasteiger partial charge in [-0.3, -0.25) is 0 Å². The third kappa shape index (κ3) is 1.72. The first-order chi connectivity index (χ1) is 9.76. The third-order valence-electron chi connectivity index (χ3n) is 4.30. The molecule has 2 heterocycles. The SMILES string of the molecule is Cc1c2c(c(C)c3c1SC(C)(C)S3(=O)=O)S(=O)(=O)C(C)(C)S2. The lowest BCUT2D eigenvalue weighted by atomic mass is 10.1. The molecule has 0 amide bonds. The van der Waals surface area contributed by atoms with Gasteiger partial charge < -0.3 is 0 Å². The quantitative estimate of drug-likeness (QED) is 0.688. The van der Waals surface area contributed by atoms with E-state index in [4.69, 9.17) is 0 Å². The van der Waals surface area contributed by atoms with Crippen LogP contribution in [0.5, 0.6) is 0 Å². The summed E-state index contributed by atoms with van der Waals surface area (Å²) in [7, 11) is -7.11. The molecular weight excluding hydrogens is 360 g/mol. The van der Waals surface area contributed by atoms with Crippen LogP contribution in [0.15, 0.2) is 19.6 Å². The zero-order valence-electron chi connectivity index (χ0n) is 13.3. The van der Waals surface area contributed by atoms with Gasteiger partial charge in [0.15, 0.2) is 19.7 Å². The number of sulfone groups is 2. The minimum atomic E-state index is -3.56. The number of benzene rings is 1. The van der Waals surface area contributed by atoms with Crippen molar-refractivity contribution in [3.63, 3.8) is 0 Å². The largest absolute Gasteiger partial charge is 0.222 e. The third-order valence-corrected chi connectivity index (χ3v) is 13.5. The Hall–Kier alpha value is -0.180. The fraction of sp³-hybridized carbons (Fsp3) is 0.571. The van der Waals surface area contributed by atoms with Crippen molar-refractivity contribution in [1.29, 1.82) is 0 Å². The molecule has 4 nitrogen and oxygen atoms in total. The van der Waals surface area contributed by atoms with Crippen LogP contribution in [-0.2, 0) is 19.7 Å². The van der Waals surface area contributed by atoms with Gasteiger partial charge >= 0.3 is 0 Å². The first-order valence-corrected chi connectivity index (χ1v) is 11.4. The average Bonchev–Trinajstić information content (AvgIpc) is 2.63. The lowest BCUT2D eigenvalue weighted by Crippen LogP contribution is -2.25. The minimum absolute atomic E-state index is 0.209. The molecule has 22 heavy (non-hydrogen) atoms. The monoisotopic (exact) mass is 378 g/mol. The standard InChI is InChI=1S/C14H18O4S4/c1-7-9-11(21(15,16)13(3,4)19-9)8(2)12-10(7)20-14(5,6)22(12,17)18/h1-6H3. The minimum Gasteiger partial charge on any atom is -0.222 e. The normalized spacial score (nSPS) is 25.7. The number of hydrogen-bond acceptors (Lipinski definition) is 6. The highest BCUT2D eigenvalue weighted by atomic mass is 32.3. The van der Waals surface area contributed by atoms with E-state index < -0.39 is 27.8 Å². The van der Waals surface area contributed by atoms with Crippen molar-refractivity contribution in [3.05, 3.63) is 11.1 Å². The fourth-order valence-electron chi connectivity index (χ4n) is 2.87. The molecule has 0 N–H and O–H groups in total. The first kappa shape index (κ1) is 16.7. The summed E-state index contributed by atoms with van der Waals surface area (Å²) >= 11 is 2.62. The molecule has 2 aliphatic heterocycles. The van der Waals surface area contributed by atoms with E-state index in [-0.39, 0.29) is 9.79 Å². The van der Waals surface area contributed by atoms with Crippen molar-refractivity contribution >= 4 is 43.2 Å². The Bertz CT molecular complexity index is 849. The van der Waals surface area contributed by atoms with E-state index in [0.717, 1.165) is 5.56 Å². The van der Waals surface area contributed by atoms with Crippen LogP contribution in [0.4, 0.5) is 0 Å². The van der Waals surface area contributed by atoms with Crippen molar-refractivity contribution < 1.29 is 16.8 Å². The van der Waals surface area contributed by atoms with Gasteiger partial charge in [0.1, 0.15) is 8.16 Å². The van der Waals surface area contributed by atoms with Crippen LogP contribution in [0.3, 0.4) is 0 Å². The Labute approximate surface area is 140 Å². The molecule has 0 aromatic heterocycles. The molecule has 0 saturated heterocycles. The summed E-state index contributed by atoms with van der Waals surface area (Å²) in [5, 5.41) is 0. The Balaban J connectivity index is 2.51. The molecule has 0 saturated carbocycles. The second-order valence-electron chi connectivity index (χ2n) is 6.58. The Morgan fingerprint density at radius 3 is 1.32 bits per heavy atom. The molecule has 3 rings (SSSR count). The molecule has 1 aromatic rings. The molecule has 0 bridgehead atoms. The average molecular weight is 379 g/mol. The molecule has 0 spiro atoms. The van der Waals surface area contributed by atoms with E-state index in [9.17, 15) is 16.8 Å². The predicted octanol–water partition coefficient (Wildman–Crippen LogP) is 3.53. The fourth-order valence-corrected chi connectivity index (χ4v) is 10.6. The van der Waals surface area contributed by atoms with Crippen LogP contribution in [-0.4, -0.2) is 25.0 Å². The summed E-state index contributed by atoms with van der Waals surface area (Å²) < 4.78 is 49.4. The molecule has 1 aromatic carbocycles. The zero-order chi connectivity index (χ0) is 16.9. The van der Waals surface area contributed by atoms with Gasteiger partial charge in [-0.15, -0.1) is 23.5 Å². The van der Waals surface area contributed by atoms with Crippen molar-refractivity contribution in [2.75, 3.05) is 0 Å². The number of fused-ring (bicyclic) bond motifs is 2. The Kier molecular flexibility index (Phi) is 3.23. The van der Waals surface area contributed by atoms with Gasteiger partial charge in [0, 0.05) is 9.79 Å². The van der Waals surface area contributed by atoms with Crippen molar-refractivity contribution in [1.82, 2.24) is 0 Å². The summed E-state index contributed by atoms with van der Waals surface area (Å²) in [6.45, 7) is 10.1. The molecule has 0 aliphatic carbocycles. The maximum Gasteiger partial charge on any atom is 0.194 e. The Morgan fingerprint density at radius 2 is 1.00 bits per heavy atom. The van der Waals surface area contributed by atoms with Gasteiger partial charge in [-0.1, -0.05) is 0 Å². The highest BCUT2D eigenvalue weighted by molar-refractivity contribution is 8.18. The zero-order valence-corrected chi connectivity index (χ0v) is 16.5. The van der Waals surface area contributed by atoms with Crippen LogP contribution in [0.1, 0.15) is 38.8 Å². The van der Waals surface area contributed by atoms with E-state index in [1.807, 2.05) is 6.92 Å². The maximum atomic E-state index is 12.8. The molecule has 0 radical (unpaired) electrons. The maximum absolute atomic E-state index is 12.8. The summed E-state index contributed by atoms with van der Waals surface area (Å²) in [6.07, 6.45) is 0. The van der Waals surface area contributed by atoms with E-state index in [2.05, 4.69) is 0 Å². The summed E-state index contributed by atoms with van der Waals surface area (Å²) in [6, 6.07) is 0. The van der Waals surface area contributed by atoms with Crippen LogP contribution < -0.4 is 0 Å². The van der Waals surface area contributed by atoms with Crippen molar-refractivity contribution in [2.45, 2.75) is 69.3 Å². The second kappa shape index (κ2) is 4.26. The van der Waals surface area contributed by atoms with Crippen LogP contribution in [0.2, 0.25) is 0 Å². The molecule has 8 heteroatoms. The van der Waals surface area contributed by atoms with Crippen LogP contribution >= 0.6 is 23.5 Å². The van der Waals surface area contributed by atoms with Gasteiger partial charge in [-0.25, -0.2) is 16.8 Å². The summed E-state index contributed by atoms with van der Waals surface area (Å²) in [5.41, 5.74) is 1.15. The van der Waals surface area contributed by atoms with Gasteiger partial charge in [-0.05, 0) is 52.7 Å². The number of thioether (sulfide) groups is 2. The van der Waals surface area contributed by atoms with Crippen LogP contribution in [0, 0.1) is 13.8 Å². The molecule has 2 aliphatic rings. The second-order valence-corrected chi connectivity index (χ2v) is 15.2. The van der Waals surface area contributed by atoms with Crippen molar-refractivity contribution in [3.8, 4) is 0 Å². The Morgan fingerprint density at radius 1 is 0.682 bits per heavy atom. The van der Waals surface area contributed by atoms with Gasteiger partial charge in [0.05, 0.1) is 9.79 Å². The van der Waals surface area contributed by atoms with Crippen molar-refractivity contribution in [2.24, 2.45) is 0 Å². The molecule has 0 unspecified atom stereocenters. The lowest BCUT2D eigenvalue weighted by molar-refractivity contribution is 0.578. The lowest BCUT2D eigenvalue weighted by Gasteiger charge is -2.16. The summed E-state index contributed by atoms with van der Waals surface area (Å²) in [4.78, 5) is 1.84. The summed E-state index contributed by atoms with van der Waals surface area (Å²) in [5.74, 6) is 0. The number of rotatable bonds is 0. The van der Waals surface area contributed by atoms with Gasteiger partial charge in [0.2, 0.25) is 0 Å². The van der Waals surface area contributed by atoms with E-state index in [0.29, 0.717) is 15.4 Å². The highest BCUT2D eigenvalue weighted by Gasteiger charge is 2.53. The smallest absolute Gasteiger partial charge is 0.194 e.